The number of nitrogens with one attached hydrogen (secondary N) is 2. The molecule has 1 aliphatic rings. The molecule has 0 atom stereocenters. The van der Waals surface area contributed by atoms with Crippen LogP contribution in [0.15, 0.2) is 60.7 Å². The summed E-state index contributed by atoms with van der Waals surface area (Å²) >= 11 is 0. The number of rotatable bonds is 5. The van der Waals surface area contributed by atoms with Crippen molar-refractivity contribution >= 4 is 17.4 Å². The zero-order valence-corrected chi connectivity index (χ0v) is 16.7. The Bertz CT molecular complexity index is 961. The first kappa shape index (κ1) is 19.1. The normalized spacial score (nSPS) is 14.4. The van der Waals surface area contributed by atoms with Gasteiger partial charge in [-0.1, -0.05) is 43.0 Å². The standard InChI is InChI=1S/C24H26N4O/c1-17-6-5-7-19(16-17)22-14-15-23(28-27-22)25-21-12-10-18(11-13-21)24(29)26-20-8-3-2-4-9-20/h5-7,10-16,20H,2-4,8-9H2,1H3,(H,25,28)(H,26,29). The molecular formula is C24H26N4O. The van der Waals surface area contributed by atoms with Crippen molar-refractivity contribution in [1.29, 1.82) is 0 Å². The van der Waals surface area contributed by atoms with E-state index in [1.807, 2.05) is 48.5 Å². The third-order valence-corrected chi connectivity index (χ3v) is 5.34. The molecule has 29 heavy (non-hydrogen) atoms. The molecule has 148 valence electrons. The summed E-state index contributed by atoms with van der Waals surface area (Å²) in [6.45, 7) is 2.06. The fourth-order valence-electron chi connectivity index (χ4n) is 3.73. The number of benzene rings is 2. The van der Waals surface area contributed by atoms with Crippen molar-refractivity contribution < 1.29 is 4.79 Å². The van der Waals surface area contributed by atoms with Crippen molar-refractivity contribution in [1.82, 2.24) is 15.5 Å². The number of hydrogen-bond acceptors (Lipinski definition) is 4. The Kier molecular flexibility index (Phi) is 5.84. The highest BCUT2D eigenvalue weighted by molar-refractivity contribution is 5.94. The van der Waals surface area contributed by atoms with Crippen molar-refractivity contribution in [2.75, 3.05) is 5.32 Å². The van der Waals surface area contributed by atoms with Gasteiger partial charge in [0.15, 0.2) is 5.82 Å². The number of carbonyl (C=O) groups is 1. The second kappa shape index (κ2) is 8.86. The van der Waals surface area contributed by atoms with Crippen LogP contribution in [0.25, 0.3) is 11.3 Å². The van der Waals surface area contributed by atoms with Crippen molar-refractivity contribution in [3.63, 3.8) is 0 Å². The Labute approximate surface area is 171 Å². The molecule has 2 aromatic carbocycles. The van der Waals surface area contributed by atoms with Gasteiger partial charge in [-0.05, 0) is 62.2 Å². The summed E-state index contributed by atoms with van der Waals surface area (Å²) in [5.74, 6) is 0.673. The molecule has 0 spiro atoms. The highest BCUT2D eigenvalue weighted by Gasteiger charge is 2.16. The van der Waals surface area contributed by atoms with Crippen LogP contribution in [-0.4, -0.2) is 22.1 Å². The lowest BCUT2D eigenvalue weighted by atomic mass is 9.95. The number of aryl methyl sites for hydroxylation is 1. The van der Waals surface area contributed by atoms with E-state index < -0.39 is 0 Å². The van der Waals surface area contributed by atoms with E-state index in [2.05, 4.69) is 39.9 Å². The summed E-state index contributed by atoms with van der Waals surface area (Å²) < 4.78 is 0. The molecule has 1 amide bonds. The topological polar surface area (TPSA) is 66.9 Å². The van der Waals surface area contributed by atoms with Gasteiger partial charge in [0.1, 0.15) is 0 Å². The smallest absolute Gasteiger partial charge is 0.251 e. The SMILES string of the molecule is Cc1cccc(-c2ccc(Nc3ccc(C(=O)NC4CCCCC4)cc3)nn2)c1. The van der Waals surface area contributed by atoms with Crippen LogP contribution in [0.2, 0.25) is 0 Å². The molecule has 1 saturated carbocycles. The predicted molar refractivity (Wildman–Crippen MR) is 116 cm³/mol. The van der Waals surface area contributed by atoms with Crippen LogP contribution in [0.3, 0.4) is 0 Å². The summed E-state index contributed by atoms with van der Waals surface area (Å²) in [7, 11) is 0. The highest BCUT2D eigenvalue weighted by atomic mass is 16.1. The first-order valence-electron chi connectivity index (χ1n) is 10.3. The van der Waals surface area contributed by atoms with Gasteiger partial charge in [0.25, 0.3) is 5.91 Å². The van der Waals surface area contributed by atoms with E-state index in [1.54, 1.807) is 0 Å². The van der Waals surface area contributed by atoms with Crippen molar-refractivity contribution in [2.45, 2.75) is 45.1 Å². The molecule has 0 aliphatic heterocycles. The second-order valence-corrected chi connectivity index (χ2v) is 7.68. The third-order valence-electron chi connectivity index (χ3n) is 5.34. The maximum atomic E-state index is 12.4. The van der Waals surface area contributed by atoms with Gasteiger partial charge in [-0.25, -0.2) is 0 Å². The van der Waals surface area contributed by atoms with Crippen LogP contribution in [0.5, 0.6) is 0 Å². The maximum Gasteiger partial charge on any atom is 0.251 e. The minimum absolute atomic E-state index is 0.00532. The molecule has 1 heterocycles. The maximum absolute atomic E-state index is 12.4. The van der Waals surface area contributed by atoms with E-state index in [1.165, 1.54) is 24.8 Å². The largest absolute Gasteiger partial charge is 0.349 e. The first-order valence-corrected chi connectivity index (χ1v) is 10.3. The molecule has 1 aromatic heterocycles. The van der Waals surface area contributed by atoms with Crippen molar-refractivity contribution in [3.8, 4) is 11.3 Å². The van der Waals surface area contributed by atoms with Gasteiger partial charge in [0.05, 0.1) is 5.69 Å². The van der Waals surface area contributed by atoms with Gasteiger partial charge < -0.3 is 10.6 Å². The van der Waals surface area contributed by atoms with Gasteiger partial charge in [-0.15, -0.1) is 10.2 Å². The fourth-order valence-corrected chi connectivity index (χ4v) is 3.73. The average molecular weight is 386 g/mol. The number of nitrogens with zero attached hydrogens (tertiary/aromatic N) is 2. The zero-order chi connectivity index (χ0) is 20.1. The second-order valence-electron chi connectivity index (χ2n) is 7.68. The number of amides is 1. The molecule has 0 unspecified atom stereocenters. The van der Waals surface area contributed by atoms with E-state index >= 15 is 0 Å². The zero-order valence-electron chi connectivity index (χ0n) is 16.7. The lowest BCUT2D eigenvalue weighted by Gasteiger charge is -2.22. The van der Waals surface area contributed by atoms with Crippen molar-refractivity contribution in [2.24, 2.45) is 0 Å². The Morgan fingerprint density at radius 1 is 0.931 bits per heavy atom. The van der Waals surface area contributed by atoms with Crippen LogP contribution in [0.4, 0.5) is 11.5 Å². The van der Waals surface area contributed by atoms with Gasteiger partial charge in [-0.2, -0.15) is 0 Å². The van der Waals surface area contributed by atoms with Crippen LogP contribution in [0, 0.1) is 6.92 Å². The van der Waals surface area contributed by atoms with Crippen LogP contribution >= 0.6 is 0 Å². The Hall–Kier alpha value is -3.21. The molecule has 0 saturated heterocycles. The minimum atomic E-state index is 0.00532. The van der Waals surface area contributed by atoms with Gasteiger partial charge in [0.2, 0.25) is 0 Å². The van der Waals surface area contributed by atoms with E-state index in [0.717, 1.165) is 29.8 Å². The molecule has 5 heteroatoms. The lowest BCUT2D eigenvalue weighted by molar-refractivity contribution is 0.0928. The lowest BCUT2D eigenvalue weighted by Crippen LogP contribution is -2.36. The molecular weight excluding hydrogens is 360 g/mol. The quantitative estimate of drug-likeness (QED) is 0.628. The van der Waals surface area contributed by atoms with E-state index in [4.69, 9.17) is 0 Å². The van der Waals surface area contributed by atoms with E-state index in [9.17, 15) is 4.79 Å². The van der Waals surface area contributed by atoms with Crippen LogP contribution in [-0.2, 0) is 0 Å². The number of aromatic nitrogens is 2. The summed E-state index contributed by atoms with van der Waals surface area (Å²) in [5.41, 5.74) is 4.64. The molecule has 5 nitrogen and oxygen atoms in total. The van der Waals surface area contributed by atoms with Crippen LogP contribution < -0.4 is 10.6 Å². The number of anilines is 2. The van der Waals surface area contributed by atoms with E-state index in [0.29, 0.717) is 17.4 Å². The summed E-state index contributed by atoms with van der Waals surface area (Å²) in [6, 6.07) is 19.9. The molecule has 0 bridgehead atoms. The number of carbonyl (C=O) groups excluding carboxylic acids is 1. The molecule has 3 aromatic rings. The molecule has 1 aliphatic carbocycles. The fraction of sp³-hybridized carbons (Fsp3) is 0.292. The van der Waals surface area contributed by atoms with Gasteiger partial charge >= 0.3 is 0 Å². The number of hydrogen-bond donors (Lipinski definition) is 2. The van der Waals surface area contributed by atoms with Gasteiger partial charge in [-0.3, -0.25) is 4.79 Å². The molecule has 4 rings (SSSR count). The Morgan fingerprint density at radius 2 is 1.72 bits per heavy atom. The minimum Gasteiger partial charge on any atom is -0.349 e. The molecule has 1 fully saturated rings. The predicted octanol–water partition coefficient (Wildman–Crippen LogP) is 5.26. The summed E-state index contributed by atoms with van der Waals surface area (Å²) in [6.07, 6.45) is 5.86. The Morgan fingerprint density at radius 3 is 2.41 bits per heavy atom. The molecule has 0 radical (unpaired) electrons. The van der Waals surface area contributed by atoms with Gasteiger partial charge in [0, 0.05) is 22.9 Å². The summed E-state index contributed by atoms with van der Waals surface area (Å²) in [4.78, 5) is 12.4. The van der Waals surface area contributed by atoms with E-state index in [-0.39, 0.29) is 5.91 Å². The average Bonchev–Trinajstić information content (AvgIpc) is 2.75. The van der Waals surface area contributed by atoms with Crippen molar-refractivity contribution in [3.05, 3.63) is 71.8 Å². The summed E-state index contributed by atoms with van der Waals surface area (Å²) in [5, 5.41) is 15.0. The highest BCUT2D eigenvalue weighted by Crippen LogP contribution is 2.21. The monoisotopic (exact) mass is 386 g/mol. The molecule has 2 N–H and O–H groups in total. The Balaban J connectivity index is 1.37. The third kappa shape index (κ3) is 4.99. The first-order chi connectivity index (χ1) is 14.2. The van der Waals surface area contributed by atoms with Crippen LogP contribution in [0.1, 0.15) is 48.0 Å².